The lowest BCUT2D eigenvalue weighted by molar-refractivity contribution is 0.225. The van der Waals surface area contributed by atoms with Gasteiger partial charge in [-0.25, -0.2) is 13.6 Å². The average molecular weight is 334 g/mol. The Labute approximate surface area is 137 Å². The van der Waals surface area contributed by atoms with Crippen LogP contribution < -0.4 is 10.6 Å². The normalized spacial score (nSPS) is 11.6. The molecule has 0 aliphatic heterocycles. The van der Waals surface area contributed by atoms with Crippen LogP contribution in [0.15, 0.2) is 24.3 Å². The van der Waals surface area contributed by atoms with Crippen molar-refractivity contribution in [2.75, 3.05) is 11.9 Å². The second kappa shape index (κ2) is 7.57. The molecule has 0 bridgehead atoms. The minimum atomic E-state index is -0.719. The van der Waals surface area contributed by atoms with Crippen molar-refractivity contribution in [1.29, 1.82) is 0 Å². The van der Waals surface area contributed by atoms with Gasteiger partial charge in [0.15, 0.2) is 0 Å². The van der Waals surface area contributed by atoms with Crippen LogP contribution in [0, 0.1) is 24.0 Å². The van der Waals surface area contributed by atoms with Gasteiger partial charge in [-0.05, 0) is 12.1 Å². The third-order valence-electron chi connectivity index (χ3n) is 3.20. The molecule has 2 aromatic rings. The number of aromatic nitrogens is 2. The Balaban J connectivity index is 2.14. The molecule has 0 saturated carbocycles. The molecule has 1 atom stereocenters. The molecule has 1 aromatic carbocycles. The largest absolute Gasteiger partial charge is 0.394 e. The predicted molar refractivity (Wildman–Crippen MR) is 85.0 cm³/mol. The van der Waals surface area contributed by atoms with E-state index >= 15 is 0 Å². The van der Waals surface area contributed by atoms with Crippen molar-refractivity contribution in [3.63, 3.8) is 0 Å². The first-order chi connectivity index (χ1) is 11.4. The minimum Gasteiger partial charge on any atom is -0.394 e. The molecule has 0 radical (unpaired) electrons. The maximum atomic E-state index is 13.3. The molecule has 0 fully saturated rings. The number of rotatable bonds is 5. The van der Waals surface area contributed by atoms with Gasteiger partial charge >= 0.3 is 6.03 Å². The molecule has 0 unspecified atom stereocenters. The Morgan fingerprint density at radius 1 is 1.38 bits per heavy atom. The van der Waals surface area contributed by atoms with Crippen molar-refractivity contribution in [3.8, 4) is 23.6 Å². The molecule has 0 aliphatic rings. The van der Waals surface area contributed by atoms with Gasteiger partial charge in [0, 0.05) is 31.2 Å². The number of aryl methyl sites for hydroxylation is 1. The van der Waals surface area contributed by atoms with E-state index in [1.807, 2.05) is 0 Å². The zero-order chi connectivity index (χ0) is 17.7. The van der Waals surface area contributed by atoms with E-state index in [4.69, 9.17) is 11.5 Å². The van der Waals surface area contributed by atoms with Crippen molar-refractivity contribution in [2.24, 2.45) is 7.05 Å². The number of nitrogens with zero attached hydrogens (tertiary/aromatic N) is 2. The number of urea groups is 1. The van der Waals surface area contributed by atoms with Crippen molar-refractivity contribution in [1.82, 2.24) is 15.1 Å². The van der Waals surface area contributed by atoms with Gasteiger partial charge in [-0.2, -0.15) is 5.10 Å². The molecule has 0 aliphatic carbocycles. The van der Waals surface area contributed by atoms with E-state index in [0.29, 0.717) is 11.5 Å². The standard InChI is InChI=1S/C16H16F2N4O2/c1-3-4-13(9-23)19-16(24)20-15-8-14(21-22(15)2)10-5-11(17)7-12(18)6-10/h1,5-8,13,23H,4,9H2,2H3,(H2,19,20,24)/t13-/m0/s1. The maximum absolute atomic E-state index is 13.3. The monoisotopic (exact) mass is 334 g/mol. The number of amides is 2. The Kier molecular flexibility index (Phi) is 5.50. The molecule has 3 N–H and O–H groups in total. The second-order valence-corrected chi connectivity index (χ2v) is 5.08. The van der Waals surface area contributed by atoms with Gasteiger partial charge in [-0.15, -0.1) is 12.3 Å². The summed E-state index contributed by atoms with van der Waals surface area (Å²) < 4.78 is 27.9. The molecule has 0 spiro atoms. The lowest BCUT2D eigenvalue weighted by Gasteiger charge is -2.14. The van der Waals surface area contributed by atoms with E-state index in [1.54, 1.807) is 7.05 Å². The molecular formula is C16H16F2N4O2. The number of benzene rings is 1. The number of aliphatic hydroxyl groups is 1. The summed E-state index contributed by atoms with van der Waals surface area (Å²) in [5.74, 6) is 1.22. The van der Waals surface area contributed by atoms with E-state index in [9.17, 15) is 13.6 Å². The number of hydrogen-bond donors (Lipinski definition) is 3. The molecule has 0 saturated heterocycles. The zero-order valence-electron chi connectivity index (χ0n) is 12.9. The highest BCUT2D eigenvalue weighted by molar-refractivity contribution is 5.89. The van der Waals surface area contributed by atoms with Crippen molar-refractivity contribution in [3.05, 3.63) is 35.9 Å². The summed E-state index contributed by atoms with van der Waals surface area (Å²) in [6.45, 7) is -0.295. The number of hydrogen-bond acceptors (Lipinski definition) is 3. The number of carbonyl (C=O) groups excluding carboxylic acids is 1. The number of halogens is 2. The molecule has 8 heteroatoms. The Morgan fingerprint density at radius 3 is 2.62 bits per heavy atom. The van der Waals surface area contributed by atoms with E-state index < -0.39 is 23.7 Å². The second-order valence-electron chi connectivity index (χ2n) is 5.08. The third kappa shape index (κ3) is 4.30. The Hall–Kier alpha value is -2.92. The highest BCUT2D eigenvalue weighted by Crippen LogP contribution is 2.23. The SMILES string of the molecule is C#CC[C@@H](CO)NC(=O)Nc1cc(-c2cc(F)cc(F)c2)nn1C. The number of aliphatic hydroxyl groups excluding tert-OH is 1. The summed E-state index contributed by atoms with van der Waals surface area (Å²) in [5.41, 5.74) is 0.547. The summed E-state index contributed by atoms with van der Waals surface area (Å²) in [5, 5.41) is 18.3. The Morgan fingerprint density at radius 2 is 2.04 bits per heavy atom. The van der Waals surface area contributed by atoms with Crippen LogP contribution >= 0.6 is 0 Å². The van der Waals surface area contributed by atoms with Crippen LogP contribution in [0.4, 0.5) is 19.4 Å². The molecule has 24 heavy (non-hydrogen) atoms. The third-order valence-corrected chi connectivity index (χ3v) is 3.20. The fraction of sp³-hybridized carbons (Fsp3) is 0.250. The molecule has 2 amide bonds. The first-order valence-corrected chi connectivity index (χ1v) is 7.05. The van der Waals surface area contributed by atoms with Crippen LogP contribution in [-0.4, -0.2) is 33.6 Å². The van der Waals surface area contributed by atoms with Gasteiger partial charge in [0.25, 0.3) is 0 Å². The molecular weight excluding hydrogens is 318 g/mol. The van der Waals surface area contributed by atoms with Crippen LogP contribution in [0.25, 0.3) is 11.3 Å². The summed E-state index contributed by atoms with van der Waals surface area (Å²) in [4.78, 5) is 11.9. The van der Waals surface area contributed by atoms with E-state index in [-0.39, 0.29) is 18.6 Å². The summed E-state index contributed by atoms with van der Waals surface area (Å²) >= 11 is 0. The topological polar surface area (TPSA) is 79.2 Å². The first kappa shape index (κ1) is 17.4. The fourth-order valence-electron chi connectivity index (χ4n) is 2.07. The number of carbonyl (C=O) groups is 1. The van der Waals surface area contributed by atoms with Crippen LogP contribution in [0.2, 0.25) is 0 Å². The molecule has 1 aromatic heterocycles. The van der Waals surface area contributed by atoms with Crippen LogP contribution in [0.3, 0.4) is 0 Å². The van der Waals surface area contributed by atoms with Gasteiger partial charge in [0.05, 0.1) is 18.3 Å². The molecule has 126 valence electrons. The van der Waals surface area contributed by atoms with Crippen molar-refractivity contribution < 1.29 is 18.7 Å². The van der Waals surface area contributed by atoms with Gasteiger partial charge in [0.2, 0.25) is 0 Å². The van der Waals surface area contributed by atoms with Crippen LogP contribution in [0.5, 0.6) is 0 Å². The molecule has 6 nitrogen and oxygen atoms in total. The van der Waals surface area contributed by atoms with Gasteiger partial charge in [0.1, 0.15) is 17.5 Å². The number of terminal acetylenes is 1. The lowest BCUT2D eigenvalue weighted by atomic mass is 10.1. The van der Waals surface area contributed by atoms with Crippen molar-refractivity contribution in [2.45, 2.75) is 12.5 Å². The van der Waals surface area contributed by atoms with Gasteiger partial charge in [-0.3, -0.25) is 10.00 Å². The highest BCUT2D eigenvalue weighted by Gasteiger charge is 2.14. The average Bonchev–Trinajstić information content (AvgIpc) is 2.87. The predicted octanol–water partition coefficient (Wildman–Crippen LogP) is 1.87. The van der Waals surface area contributed by atoms with Crippen LogP contribution in [-0.2, 0) is 7.05 Å². The summed E-state index contributed by atoms with van der Waals surface area (Å²) in [6.07, 6.45) is 5.32. The minimum absolute atomic E-state index is 0.184. The van der Waals surface area contributed by atoms with Gasteiger partial charge < -0.3 is 10.4 Å². The number of nitrogens with one attached hydrogen (secondary N) is 2. The van der Waals surface area contributed by atoms with E-state index in [2.05, 4.69) is 21.7 Å². The number of anilines is 1. The summed E-state index contributed by atoms with van der Waals surface area (Å²) in [6, 6.07) is 3.38. The van der Waals surface area contributed by atoms with E-state index in [0.717, 1.165) is 18.2 Å². The Bertz CT molecular complexity index is 763. The van der Waals surface area contributed by atoms with Crippen molar-refractivity contribution >= 4 is 11.8 Å². The van der Waals surface area contributed by atoms with Crippen LogP contribution in [0.1, 0.15) is 6.42 Å². The molecule has 2 rings (SSSR count). The quantitative estimate of drug-likeness (QED) is 0.731. The van der Waals surface area contributed by atoms with E-state index in [1.165, 1.54) is 10.7 Å². The smallest absolute Gasteiger partial charge is 0.320 e. The first-order valence-electron chi connectivity index (χ1n) is 7.05. The highest BCUT2D eigenvalue weighted by atomic mass is 19.1. The fourth-order valence-corrected chi connectivity index (χ4v) is 2.07. The zero-order valence-corrected chi connectivity index (χ0v) is 12.9. The van der Waals surface area contributed by atoms with Gasteiger partial charge in [-0.1, -0.05) is 0 Å². The lowest BCUT2D eigenvalue weighted by Crippen LogP contribution is -2.40. The molecule has 1 heterocycles. The summed E-state index contributed by atoms with van der Waals surface area (Å²) in [7, 11) is 1.57. The maximum Gasteiger partial charge on any atom is 0.320 e.